The zero-order valence-electron chi connectivity index (χ0n) is 11.1. The number of aliphatic hydroxyl groups excluding tert-OH is 6. The minimum Gasteiger partial charge on any atom is -0.394 e. The minimum atomic E-state index is -2.11. The van der Waals surface area contributed by atoms with E-state index in [0.717, 1.165) is 0 Å². The highest BCUT2D eigenvalue weighted by Crippen LogP contribution is 2.34. The van der Waals surface area contributed by atoms with Gasteiger partial charge >= 0.3 is 0 Å². The van der Waals surface area contributed by atoms with Gasteiger partial charge in [-0.1, -0.05) is 0 Å². The maximum atomic E-state index is 9.90. The lowest BCUT2D eigenvalue weighted by atomic mass is 9.99. The Hall–Kier alpha value is -0.360. The summed E-state index contributed by atoms with van der Waals surface area (Å²) in [5.74, 6) is -2.11. The van der Waals surface area contributed by atoms with Gasteiger partial charge in [0.05, 0.1) is 19.8 Å². The first kappa shape index (κ1) is 17.7. The number of hydrogen-bond donors (Lipinski definition) is 7. The van der Waals surface area contributed by atoms with E-state index in [2.05, 4.69) is 0 Å². The van der Waals surface area contributed by atoms with Crippen LogP contribution in [0.4, 0.5) is 0 Å². The summed E-state index contributed by atoms with van der Waals surface area (Å²) >= 11 is 0. The summed E-state index contributed by atoms with van der Waals surface area (Å²) in [5, 5.41) is 66.1. The molecule has 0 aromatic carbocycles. The van der Waals surface area contributed by atoms with Crippen molar-refractivity contribution in [2.75, 3.05) is 26.4 Å². The number of hydrogen-bond acceptors (Lipinski definition) is 9. The third-order valence-electron chi connectivity index (χ3n) is 3.43. The Kier molecular flexibility index (Phi) is 5.84. The summed E-state index contributed by atoms with van der Waals surface area (Å²) in [5.41, 5.74) is -1.86. The lowest BCUT2D eigenvalue weighted by Crippen LogP contribution is -2.57. The molecule has 0 radical (unpaired) electrons. The van der Waals surface area contributed by atoms with Gasteiger partial charge in [0.2, 0.25) is 5.79 Å². The van der Waals surface area contributed by atoms with Crippen LogP contribution < -0.4 is 0 Å². The molecule has 1 heterocycles. The first-order chi connectivity index (χ1) is 9.27. The van der Waals surface area contributed by atoms with Crippen molar-refractivity contribution in [2.45, 2.75) is 42.7 Å². The van der Waals surface area contributed by atoms with Crippen molar-refractivity contribution in [1.82, 2.24) is 0 Å². The summed E-state index contributed by atoms with van der Waals surface area (Å²) in [6.45, 7) is -1.81. The fourth-order valence-electron chi connectivity index (χ4n) is 1.97. The molecule has 9 heteroatoms. The fraction of sp³-hybridized carbons (Fsp3) is 1.00. The monoisotopic (exact) mass is 298 g/mol. The zero-order valence-corrected chi connectivity index (χ0v) is 11.1. The lowest BCUT2D eigenvalue weighted by Gasteiger charge is -2.38. The molecule has 0 saturated carbocycles. The molecule has 120 valence electrons. The number of ether oxygens (including phenoxy) is 2. The second kappa shape index (κ2) is 6.60. The van der Waals surface area contributed by atoms with Crippen LogP contribution in [-0.4, -0.2) is 98.0 Å². The number of aliphatic hydroxyl groups is 7. The van der Waals surface area contributed by atoms with Gasteiger partial charge < -0.3 is 45.2 Å². The molecule has 1 aliphatic rings. The predicted molar refractivity (Wildman–Crippen MR) is 63.5 cm³/mol. The van der Waals surface area contributed by atoms with Gasteiger partial charge in [-0.25, -0.2) is 0 Å². The van der Waals surface area contributed by atoms with Crippen LogP contribution in [0.1, 0.15) is 6.92 Å². The average molecular weight is 298 g/mol. The molecule has 1 saturated heterocycles. The Balaban J connectivity index is 2.95. The van der Waals surface area contributed by atoms with Crippen molar-refractivity contribution in [3.63, 3.8) is 0 Å². The van der Waals surface area contributed by atoms with Gasteiger partial charge in [0.1, 0.15) is 36.6 Å². The molecule has 1 fully saturated rings. The molecule has 7 N–H and O–H groups in total. The smallest absolute Gasteiger partial charge is 0.222 e. The van der Waals surface area contributed by atoms with Crippen LogP contribution in [0.2, 0.25) is 0 Å². The van der Waals surface area contributed by atoms with Crippen molar-refractivity contribution >= 4 is 0 Å². The van der Waals surface area contributed by atoms with E-state index in [1.807, 2.05) is 0 Å². The van der Waals surface area contributed by atoms with E-state index >= 15 is 0 Å². The van der Waals surface area contributed by atoms with Gasteiger partial charge in [-0.05, 0) is 6.92 Å². The molecule has 20 heavy (non-hydrogen) atoms. The molecule has 0 aliphatic carbocycles. The van der Waals surface area contributed by atoms with Crippen LogP contribution in [-0.2, 0) is 9.47 Å². The van der Waals surface area contributed by atoms with Crippen molar-refractivity contribution < 1.29 is 45.2 Å². The molecule has 0 aromatic rings. The molecule has 1 aliphatic heterocycles. The zero-order chi connectivity index (χ0) is 15.6. The highest BCUT2D eigenvalue weighted by atomic mass is 16.7. The molecule has 0 bridgehead atoms. The Bertz CT molecular complexity index is 310. The largest absolute Gasteiger partial charge is 0.394 e. The quantitative estimate of drug-likeness (QED) is 0.248. The Morgan fingerprint density at radius 2 is 1.85 bits per heavy atom. The van der Waals surface area contributed by atoms with Crippen molar-refractivity contribution in [2.24, 2.45) is 0 Å². The molecule has 6 atom stereocenters. The summed E-state index contributed by atoms with van der Waals surface area (Å²) in [6, 6.07) is 0. The molecular weight excluding hydrogens is 276 g/mol. The predicted octanol–water partition coefficient (Wildman–Crippen LogP) is -4.09. The SMILES string of the molecule is C[C@](O)(CO)[C@@H](CO)O[C@]1(CO)O[C@@H](CO)[C@H](O)[C@H]1O. The molecule has 0 spiro atoms. The van der Waals surface area contributed by atoms with Gasteiger partial charge in [0.15, 0.2) is 0 Å². The third-order valence-corrected chi connectivity index (χ3v) is 3.43. The highest BCUT2D eigenvalue weighted by Gasteiger charge is 2.57. The topological polar surface area (TPSA) is 160 Å². The third kappa shape index (κ3) is 3.11. The van der Waals surface area contributed by atoms with Gasteiger partial charge in [0, 0.05) is 0 Å². The summed E-state index contributed by atoms with van der Waals surface area (Å²) in [7, 11) is 0. The van der Waals surface area contributed by atoms with Crippen LogP contribution in [0.5, 0.6) is 0 Å². The molecule has 0 aromatic heterocycles. The summed E-state index contributed by atoms with van der Waals surface area (Å²) in [6.07, 6.45) is -5.78. The Morgan fingerprint density at radius 3 is 2.20 bits per heavy atom. The van der Waals surface area contributed by atoms with Gasteiger partial charge in [0.25, 0.3) is 0 Å². The second-order valence-corrected chi connectivity index (χ2v) is 5.05. The van der Waals surface area contributed by atoms with Crippen LogP contribution in [0, 0.1) is 0 Å². The lowest BCUT2D eigenvalue weighted by molar-refractivity contribution is -0.319. The second-order valence-electron chi connectivity index (χ2n) is 5.05. The number of rotatable bonds is 7. The van der Waals surface area contributed by atoms with E-state index in [9.17, 15) is 25.5 Å². The van der Waals surface area contributed by atoms with Crippen LogP contribution >= 0.6 is 0 Å². The van der Waals surface area contributed by atoms with Gasteiger partial charge in [-0.15, -0.1) is 0 Å². The fourth-order valence-corrected chi connectivity index (χ4v) is 1.97. The van der Waals surface area contributed by atoms with Gasteiger partial charge in [-0.2, -0.15) is 0 Å². The van der Waals surface area contributed by atoms with Gasteiger partial charge in [-0.3, -0.25) is 0 Å². The minimum absolute atomic E-state index is 0.622. The van der Waals surface area contributed by atoms with Crippen molar-refractivity contribution in [1.29, 1.82) is 0 Å². The van der Waals surface area contributed by atoms with E-state index in [1.54, 1.807) is 0 Å². The van der Waals surface area contributed by atoms with E-state index in [4.69, 9.17) is 19.7 Å². The summed E-state index contributed by atoms with van der Waals surface area (Å²) < 4.78 is 10.3. The Labute approximate surface area is 115 Å². The highest BCUT2D eigenvalue weighted by molar-refractivity contribution is 4.98. The van der Waals surface area contributed by atoms with Crippen LogP contribution in [0.15, 0.2) is 0 Å². The van der Waals surface area contributed by atoms with E-state index < -0.39 is 62.2 Å². The van der Waals surface area contributed by atoms with Crippen LogP contribution in [0.25, 0.3) is 0 Å². The van der Waals surface area contributed by atoms with E-state index in [0.29, 0.717) is 0 Å². The molecule has 0 unspecified atom stereocenters. The normalized spacial score (nSPS) is 38.7. The van der Waals surface area contributed by atoms with Crippen molar-refractivity contribution in [3.05, 3.63) is 0 Å². The Morgan fingerprint density at radius 1 is 1.25 bits per heavy atom. The van der Waals surface area contributed by atoms with E-state index in [1.165, 1.54) is 6.92 Å². The molecule has 9 nitrogen and oxygen atoms in total. The first-order valence-electron chi connectivity index (χ1n) is 6.15. The maximum absolute atomic E-state index is 9.90. The van der Waals surface area contributed by atoms with Crippen LogP contribution in [0.3, 0.4) is 0 Å². The summed E-state index contributed by atoms with van der Waals surface area (Å²) in [4.78, 5) is 0. The molecule has 1 rings (SSSR count). The average Bonchev–Trinajstić information content (AvgIpc) is 2.69. The molecule has 0 amide bonds. The van der Waals surface area contributed by atoms with E-state index in [-0.39, 0.29) is 0 Å². The maximum Gasteiger partial charge on any atom is 0.222 e. The molecular formula is C11H22O9. The first-order valence-corrected chi connectivity index (χ1v) is 6.15. The standard InChI is InChI=1S/C11H22O9/c1-10(18,4-14)7(3-13)20-11(5-15)9(17)8(16)6(2-12)19-11/h6-9,12-18H,2-5H2,1H3/t6-,7+,8-,9+,10-,11-/m0/s1. The van der Waals surface area contributed by atoms with Crippen molar-refractivity contribution in [3.8, 4) is 0 Å².